The fourth-order valence-electron chi connectivity index (χ4n) is 2.65. The van der Waals surface area contributed by atoms with E-state index in [2.05, 4.69) is 10.3 Å². The maximum Gasteiger partial charge on any atom is 0.338 e. The Morgan fingerprint density at radius 1 is 1.03 bits per heavy atom. The number of nitrogens with one attached hydrogen (secondary N) is 1. The number of esters is 1. The summed E-state index contributed by atoms with van der Waals surface area (Å²) >= 11 is 0.644. The third-order valence-electron chi connectivity index (χ3n) is 4.56. The van der Waals surface area contributed by atoms with Gasteiger partial charge in [0.2, 0.25) is 19.9 Å². The zero-order valence-electron chi connectivity index (χ0n) is 18.6. The number of ether oxygens (including phenoxy) is 1. The number of nitro benzene ring substituents is 1. The van der Waals surface area contributed by atoms with E-state index in [1.807, 2.05) is 0 Å². The minimum absolute atomic E-state index is 0.0197. The molecule has 3 aromatic rings. The lowest BCUT2D eigenvalue weighted by Gasteiger charge is -2.11. The molecule has 0 radical (unpaired) electrons. The SMILES string of the molecule is CN(C)S(=O)(=O)c1ccc(C(=O)OCC(=O)Nc2ncc(S(=O)(=O)c3ccc([N+](=O)[O-])cc3)s2)cc1. The number of carbonyl (C=O) groups is 2. The molecule has 1 heterocycles. The zero-order chi connectivity index (χ0) is 26.7. The van der Waals surface area contributed by atoms with E-state index < -0.39 is 43.3 Å². The van der Waals surface area contributed by atoms with Crippen molar-refractivity contribution in [3.8, 4) is 0 Å². The second kappa shape index (κ2) is 10.5. The molecule has 0 bridgehead atoms. The molecule has 190 valence electrons. The number of non-ortho nitro benzene ring substituents is 1. The van der Waals surface area contributed by atoms with Crippen LogP contribution in [-0.2, 0) is 29.4 Å². The van der Waals surface area contributed by atoms with Crippen molar-refractivity contribution in [2.24, 2.45) is 0 Å². The molecule has 16 heteroatoms. The number of thiazole rings is 1. The Morgan fingerprint density at radius 2 is 1.61 bits per heavy atom. The van der Waals surface area contributed by atoms with Gasteiger partial charge in [0.05, 0.1) is 26.5 Å². The largest absolute Gasteiger partial charge is 0.452 e. The van der Waals surface area contributed by atoms with Crippen LogP contribution in [0.2, 0.25) is 0 Å². The summed E-state index contributed by atoms with van der Waals surface area (Å²) in [5.41, 5.74) is -0.249. The first kappa shape index (κ1) is 26.9. The summed E-state index contributed by atoms with van der Waals surface area (Å²) in [6, 6.07) is 9.24. The van der Waals surface area contributed by atoms with E-state index in [0.29, 0.717) is 11.3 Å². The van der Waals surface area contributed by atoms with Gasteiger partial charge in [0.1, 0.15) is 4.21 Å². The highest BCUT2D eigenvalue weighted by Crippen LogP contribution is 2.29. The van der Waals surface area contributed by atoms with Crippen molar-refractivity contribution in [1.29, 1.82) is 0 Å². The summed E-state index contributed by atoms with van der Waals surface area (Å²) < 4.78 is 55.2. The number of sulfone groups is 1. The van der Waals surface area contributed by atoms with Crippen molar-refractivity contribution in [3.05, 3.63) is 70.4 Å². The number of benzene rings is 2. The second-order valence-electron chi connectivity index (χ2n) is 7.18. The van der Waals surface area contributed by atoms with Gasteiger partial charge in [0.15, 0.2) is 11.7 Å². The van der Waals surface area contributed by atoms with E-state index in [9.17, 15) is 36.5 Å². The first-order chi connectivity index (χ1) is 16.8. The molecule has 0 saturated carbocycles. The number of anilines is 1. The molecule has 0 aliphatic rings. The molecule has 2 aromatic carbocycles. The summed E-state index contributed by atoms with van der Waals surface area (Å²) in [7, 11) is -4.96. The van der Waals surface area contributed by atoms with E-state index >= 15 is 0 Å². The summed E-state index contributed by atoms with van der Waals surface area (Å²) in [6.07, 6.45) is 1.02. The summed E-state index contributed by atoms with van der Waals surface area (Å²) in [5, 5.41) is 13.0. The van der Waals surface area contributed by atoms with E-state index in [1.54, 1.807) is 0 Å². The predicted molar refractivity (Wildman–Crippen MR) is 127 cm³/mol. The molecule has 0 spiro atoms. The number of rotatable bonds is 9. The third kappa shape index (κ3) is 5.91. The van der Waals surface area contributed by atoms with Gasteiger partial charge in [-0.15, -0.1) is 0 Å². The van der Waals surface area contributed by atoms with Gasteiger partial charge in [0.25, 0.3) is 11.6 Å². The highest BCUT2D eigenvalue weighted by atomic mass is 32.2. The number of nitrogens with zero attached hydrogens (tertiary/aromatic N) is 3. The van der Waals surface area contributed by atoms with Crippen molar-refractivity contribution < 1.29 is 36.1 Å². The van der Waals surface area contributed by atoms with Crippen LogP contribution in [0.25, 0.3) is 0 Å². The van der Waals surface area contributed by atoms with Gasteiger partial charge in [-0.1, -0.05) is 11.3 Å². The van der Waals surface area contributed by atoms with Crippen LogP contribution in [0.15, 0.2) is 68.7 Å². The van der Waals surface area contributed by atoms with Gasteiger partial charge in [-0.25, -0.2) is 30.9 Å². The van der Waals surface area contributed by atoms with E-state index in [4.69, 9.17) is 4.74 Å². The maximum atomic E-state index is 12.7. The number of aromatic nitrogens is 1. The lowest BCUT2D eigenvalue weighted by atomic mass is 10.2. The highest BCUT2D eigenvalue weighted by Gasteiger charge is 2.23. The van der Waals surface area contributed by atoms with Crippen molar-refractivity contribution in [3.63, 3.8) is 0 Å². The van der Waals surface area contributed by atoms with Crippen LogP contribution in [0.5, 0.6) is 0 Å². The molecule has 0 fully saturated rings. The summed E-state index contributed by atoms with van der Waals surface area (Å²) in [4.78, 5) is 38.0. The average molecular weight is 555 g/mol. The normalized spacial score (nSPS) is 11.8. The molecule has 1 N–H and O–H groups in total. The Bertz CT molecular complexity index is 1510. The molecule has 0 saturated heterocycles. The smallest absolute Gasteiger partial charge is 0.338 e. The molecule has 36 heavy (non-hydrogen) atoms. The lowest BCUT2D eigenvalue weighted by Crippen LogP contribution is -2.22. The fraction of sp³-hybridized carbons (Fsp3) is 0.150. The van der Waals surface area contributed by atoms with Crippen molar-refractivity contribution in [2.45, 2.75) is 14.0 Å². The van der Waals surface area contributed by atoms with Crippen molar-refractivity contribution in [2.75, 3.05) is 26.0 Å². The zero-order valence-corrected chi connectivity index (χ0v) is 21.1. The van der Waals surface area contributed by atoms with Gasteiger partial charge in [-0.3, -0.25) is 20.2 Å². The average Bonchev–Trinajstić information content (AvgIpc) is 3.31. The molecule has 3 rings (SSSR count). The molecule has 0 aliphatic carbocycles. The number of amides is 1. The van der Waals surface area contributed by atoms with Crippen LogP contribution in [0.3, 0.4) is 0 Å². The fourth-order valence-corrected chi connectivity index (χ4v) is 6.00. The molecule has 1 amide bonds. The molecule has 0 unspecified atom stereocenters. The van der Waals surface area contributed by atoms with E-state index in [1.165, 1.54) is 38.4 Å². The van der Waals surface area contributed by atoms with Crippen LogP contribution in [0.4, 0.5) is 10.8 Å². The standard InChI is InChI=1S/C20H18N4O9S3/c1-23(2)36(31,32)16-7-3-13(4-8-16)19(26)33-12-17(25)22-20-21-11-18(34-20)35(29,30)15-9-5-14(6-10-15)24(27)28/h3-11H,12H2,1-2H3,(H,21,22,25). The Labute approximate surface area is 209 Å². The van der Waals surface area contributed by atoms with Crippen LogP contribution in [0.1, 0.15) is 10.4 Å². The molecule has 0 atom stereocenters. The first-order valence-corrected chi connectivity index (χ1v) is 13.5. The van der Waals surface area contributed by atoms with Gasteiger partial charge < -0.3 is 4.74 Å². The third-order valence-corrected chi connectivity index (χ3v) is 9.53. The highest BCUT2D eigenvalue weighted by molar-refractivity contribution is 7.93. The lowest BCUT2D eigenvalue weighted by molar-refractivity contribution is -0.384. The van der Waals surface area contributed by atoms with Crippen LogP contribution >= 0.6 is 11.3 Å². The van der Waals surface area contributed by atoms with E-state index in [-0.39, 0.29) is 30.4 Å². The first-order valence-electron chi connectivity index (χ1n) is 9.77. The number of nitro groups is 1. The number of hydrogen-bond acceptors (Lipinski definition) is 11. The maximum absolute atomic E-state index is 12.7. The summed E-state index contributed by atoms with van der Waals surface area (Å²) in [5.74, 6) is -1.66. The van der Waals surface area contributed by atoms with Gasteiger partial charge in [-0.05, 0) is 36.4 Å². The molecular formula is C20H18N4O9S3. The monoisotopic (exact) mass is 554 g/mol. The minimum Gasteiger partial charge on any atom is -0.452 e. The number of hydrogen-bond donors (Lipinski definition) is 1. The Balaban J connectivity index is 1.60. The second-order valence-corrected chi connectivity index (χ2v) is 12.5. The Kier molecular flexibility index (Phi) is 7.83. The number of carbonyl (C=O) groups excluding carboxylic acids is 2. The molecule has 1 aromatic heterocycles. The molecule has 13 nitrogen and oxygen atoms in total. The van der Waals surface area contributed by atoms with Crippen molar-refractivity contribution in [1.82, 2.24) is 9.29 Å². The Hall–Kier alpha value is -3.73. The summed E-state index contributed by atoms with van der Waals surface area (Å²) in [6.45, 7) is -0.708. The Morgan fingerprint density at radius 3 is 2.17 bits per heavy atom. The topological polar surface area (TPSA) is 183 Å². The molecule has 0 aliphatic heterocycles. The predicted octanol–water partition coefficient (Wildman–Crippen LogP) is 1.93. The minimum atomic E-state index is -4.03. The van der Waals surface area contributed by atoms with Crippen LogP contribution in [-0.4, -0.2) is 63.6 Å². The van der Waals surface area contributed by atoms with Crippen molar-refractivity contribution >= 4 is 53.9 Å². The van der Waals surface area contributed by atoms with Gasteiger partial charge >= 0.3 is 5.97 Å². The van der Waals surface area contributed by atoms with Gasteiger partial charge in [-0.2, -0.15) is 0 Å². The quantitative estimate of drug-likeness (QED) is 0.233. The van der Waals surface area contributed by atoms with Crippen LogP contribution < -0.4 is 5.32 Å². The van der Waals surface area contributed by atoms with E-state index in [0.717, 1.165) is 34.8 Å². The van der Waals surface area contributed by atoms with Crippen LogP contribution in [0, 0.1) is 10.1 Å². The molecular weight excluding hydrogens is 536 g/mol. The van der Waals surface area contributed by atoms with Gasteiger partial charge in [0, 0.05) is 26.2 Å². The number of sulfonamides is 1.